The molecule has 3 aromatic rings. The molecule has 0 aliphatic carbocycles. The van der Waals surface area contributed by atoms with Crippen molar-refractivity contribution in [3.05, 3.63) is 65.1 Å². The lowest BCUT2D eigenvalue weighted by atomic mass is 10.2. The van der Waals surface area contributed by atoms with Crippen molar-refractivity contribution in [2.75, 3.05) is 4.90 Å². The van der Waals surface area contributed by atoms with Crippen molar-refractivity contribution in [1.29, 1.82) is 0 Å². The monoisotopic (exact) mass is 365 g/mol. The Kier molecular flexibility index (Phi) is 5.79. The first kappa shape index (κ1) is 19.0. The molecule has 0 fully saturated rings. The van der Waals surface area contributed by atoms with Crippen LogP contribution in [0.2, 0.25) is 0 Å². The summed E-state index contributed by atoms with van der Waals surface area (Å²) in [5.41, 5.74) is 2.67. The SMILES string of the molecule is CCCn1c(=O)n(CCC(=O)N(c2ccccc2)C(C)C)c2ccccc21. The van der Waals surface area contributed by atoms with E-state index in [1.165, 1.54) is 0 Å². The molecule has 0 atom stereocenters. The number of rotatable bonds is 7. The Morgan fingerprint density at radius 3 is 2.04 bits per heavy atom. The van der Waals surface area contributed by atoms with Crippen molar-refractivity contribution in [1.82, 2.24) is 9.13 Å². The number of benzene rings is 2. The summed E-state index contributed by atoms with van der Waals surface area (Å²) in [4.78, 5) is 27.6. The first-order valence-electron chi connectivity index (χ1n) is 9.59. The zero-order valence-corrected chi connectivity index (χ0v) is 16.3. The van der Waals surface area contributed by atoms with Crippen LogP contribution in [-0.2, 0) is 17.9 Å². The molecule has 0 aliphatic heterocycles. The minimum Gasteiger partial charge on any atom is -0.310 e. The molecule has 0 spiro atoms. The van der Waals surface area contributed by atoms with E-state index in [9.17, 15) is 9.59 Å². The second kappa shape index (κ2) is 8.25. The van der Waals surface area contributed by atoms with Crippen molar-refractivity contribution >= 4 is 22.6 Å². The smallest absolute Gasteiger partial charge is 0.310 e. The number of carbonyl (C=O) groups is 1. The summed E-state index contributed by atoms with van der Waals surface area (Å²) in [6.07, 6.45) is 1.18. The van der Waals surface area contributed by atoms with E-state index in [2.05, 4.69) is 6.92 Å². The van der Waals surface area contributed by atoms with Crippen molar-refractivity contribution in [3.8, 4) is 0 Å². The van der Waals surface area contributed by atoms with Gasteiger partial charge in [-0.3, -0.25) is 13.9 Å². The standard InChI is InChI=1S/C22H27N3O2/c1-4-15-23-19-12-8-9-13-20(19)24(22(23)27)16-14-21(26)25(17(2)3)18-10-6-5-7-11-18/h5-13,17H,4,14-16H2,1-3H3. The Morgan fingerprint density at radius 2 is 1.48 bits per heavy atom. The van der Waals surface area contributed by atoms with Crippen molar-refractivity contribution in [2.45, 2.75) is 52.7 Å². The molecule has 27 heavy (non-hydrogen) atoms. The number of nitrogens with zero attached hydrogens (tertiary/aromatic N) is 3. The predicted molar refractivity (Wildman–Crippen MR) is 110 cm³/mol. The van der Waals surface area contributed by atoms with E-state index in [-0.39, 0.29) is 24.1 Å². The van der Waals surface area contributed by atoms with Crippen LogP contribution in [-0.4, -0.2) is 21.1 Å². The molecule has 0 bridgehead atoms. The van der Waals surface area contributed by atoms with Crippen LogP contribution in [0.4, 0.5) is 5.69 Å². The fourth-order valence-corrected chi connectivity index (χ4v) is 3.57. The summed E-state index contributed by atoms with van der Waals surface area (Å²) in [7, 11) is 0. The van der Waals surface area contributed by atoms with E-state index in [0.29, 0.717) is 13.1 Å². The molecule has 0 saturated carbocycles. The van der Waals surface area contributed by atoms with E-state index in [0.717, 1.165) is 23.1 Å². The van der Waals surface area contributed by atoms with Crippen molar-refractivity contribution < 1.29 is 4.79 Å². The average Bonchev–Trinajstić information content (AvgIpc) is 2.93. The van der Waals surface area contributed by atoms with Gasteiger partial charge in [0.1, 0.15) is 0 Å². The van der Waals surface area contributed by atoms with Gasteiger partial charge >= 0.3 is 5.69 Å². The molecule has 0 N–H and O–H groups in total. The number of hydrogen-bond acceptors (Lipinski definition) is 2. The number of carbonyl (C=O) groups excluding carboxylic acids is 1. The third kappa shape index (κ3) is 3.82. The molecule has 3 rings (SSSR count). The number of amides is 1. The Bertz CT molecular complexity index is 970. The summed E-state index contributed by atoms with van der Waals surface area (Å²) in [5, 5.41) is 0. The second-order valence-corrected chi connectivity index (χ2v) is 7.02. The third-order valence-corrected chi connectivity index (χ3v) is 4.74. The molecular weight excluding hydrogens is 338 g/mol. The quantitative estimate of drug-likeness (QED) is 0.634. The van der Waals surface area contributed by atoms with Gasteiger partial charge in [0.15, 0.2) is 0 Å². The van der Waals surface area contributed by atoms with Crippen LogP contribution in [0.15, 0.2) is 59.4 Å². The first-order valence-corrected chi connectivity index (χ1v) is 9.59. The number of fused-ring (bicyclic) bond motifs is 1. The van der Waals surface area contributed by atoms with Crippen molar-refractivity contribution in [3.63, 3.8) is 0 Å². The maximum absolute atomic E-state index is 12.9. The summed E-state index contributed by atoms with van der Waals surface area (Å²) >= 11 is 0. The van der Waals surface area contributed by atoms with Gasteiger partial charge in [0.25, 0.3) is 0 Å². The van der Waals surface area contributed by atoms with E-state index < -0.39 is 0 Å². The summed E-state index contributed by atoms with van der Waals surface area (Å²) in [6.45, 7) is 7.13. The van der Waals surface area contributed by atoms with E-state index in [1.807, 2.05) is 68.4 Å². The van der Waals surface area contributed by atoms with Gasteiger partial charge in [-0.25, -0.2) is 4.79 Å². The van der Waals surface area contributed by atoms with Gasteiger partial charge in [0, 0.05) is 31.2 Å². The molecule has 0 saturated heterocycles. The fourth-order valence-electron chi connectivity index (χ4n) is 3.57. The largest absolute Gasteiger partial charge is 0.329 e. The fraction of sp³-hybridized carbons (Fsp3) is 0.364. The van der Waals surface area contributed by atoms with Crippen LogP contribution >= 0.6 is 0 Å². The molecule has 142 valence electrons. The van der Waals surface area contributed by atoms with Crippen LogP contribution in [0.1, 0.15) is 33.6 Å². The predicted octanol–water partition coefficient (Wildman–Crippen LogP) is 4.04. The number of para-hydroxylation sites is 3. The first-order chi connectivity index (χ1) is 13.0. The second-order valence-electron chi connectivity index (χ2n) is 7.02. The van der Waals surface area contributed by atoms with Crippen LogP contribution < -0.4 is 10.6 Å². The lowest BCUT2D eigenvalue weighted by Gasteiger charge is -2.27. The summed E-state index contributed by atoms with van der Waals surface area (Å²) < 4.78 is 3.53. The highest BCUT2D eigenvalue weighted by Gasteiger charge is 2.20. The number of anilines is 1. The molecule has 5 heteroatoms. The lowest BCUT2D eigenvalue weighted by molar-refractivity contribution is -0.119. The Balaban J connectivity index is 1.87. The maximum atomic E-state index is 12.9. The molecule has 0 aliphatic rings. The van der Waals surface area contributed by atoms with Gasteiger partial charge in [-0.15, -0.1) is 0 Å². The van der Waals surface area contributed by atoms with Gasteiger partial charge in [-0.1, -0.05) is 37.3 Å². The van der Waals surface area contributed by atoms with Crippen molar-refractivity contribution in [2.24, 2.45) is 0 Å². The molecule has 2 aromatic carbocycles. The lowest BCUT2D eigenvalue weighted by Crippen LogP contribution is -2.38. The van der Waals surface area contributed by atoms with E-state index in [4.69, 9.17) is 0 Å². The third-order valence-electron chi connectivity index (χ3n) is 4.74. The molecule has 0 unspecified atom stereocenters. The highest BCUT2D eigenvalue weighted by molar-refractivity contribution is 5.93. The Labute approximate surface area is 159 Å². The maximum Gasteiger partial charge on any atom is 0.329 e. The van der Waals surface area contributed by atoms with Crippen LogP contribution in [0.5, 0.6) is 0 Å². The minimum atomic E-state index is -0.0401. The number of aromatic nitrogens is 2. The van der Waals surface area contributed by atoms with E-state index in [1.54, 1.807) is 14.0 Å². The zero-order valence-electron chi connectivity index (χ0n) is 16.3. The van der Waals surface area contributed by atoms with Gasteiger partial charge in [0.05, 0.1) is 11.0 Å². The van der Waals surface area contributed by atoms with Gasteiger partial charge in [-0.2, -0.15) is 0 Å². The number of aryl methyl sites for hydroxylation is 2. The Hall–Kier alpha value is -2.82. The van der Waals surface area contributed by atoms with Gasteiger partial charge in [-0.05, 0) is 44.5 Å². The molecule has 1 amide bonds. The highest BCUT2D eigenvalue weighted by atomic mass is 16.2. The minimum absolute atomic E-state index is 0.0235. The normalized spacial score (nSPS) is 11.3. The number of imidazole rings is 1. The zero-order chi connectivity index (χ0) is 19.4. The molecule has 0 radical (unpaired) electrons. The molecule has 1 heterocycles. The molecular formula is C22H27N3O2. The van der Waals surface area contributed by atoms with Crippen LogP contribution in [0, 0.1) is 0 Å². The molecule has 5 nitrogen and oxygen atoms in total. The highest BCUT2D eigenvalue weighted by Crippen LogP contribution is 2.19. The van der Waals surface area contributed by atoms with Crippen LogP contribution in [0.25, 0.3) is 11.0 Å². The average molecular weight is 365 g/mol. The van der Waals surface area contributed by atoms with Crippen LogP contribution in [0.3, 0.4) is 0 Å². The summed E-state index contributed by atoms with van der Waals surface area (Å²) in [6, 6.07) is 17.5. The molecule has 1 aromatic heterocycles. The topological polar surface area (TPSA) is 47.2 Å². The van der Waals surface area contributed by atoms with Gasteiger partial charge < -0.3 is 4.90 Å². The Morgan fingerprint density at radius 1 is 0.926 bits per heavy atom. The summed E-state index contributed by atoms with van der Waals surface area (Å²) in [5.74, 6) is 0.0235. The van der Waals surface area contributed by atoms with E-state index >= 15 is 0 Å². The number of hydrogen-bond donors (Lipinski definition) is 0. The van der Waals surface area contributed by atoms with Gasteiger partial charge in [0.2, 0.25) is 5.91 Å².